The zero-order chi connectivity index (χ0) is 27.1. The summed E-state index contributed by atoms with van der Waals surface area (Å²) in [4.78, 5) is 0. The Kier molecular flexibility index (Phi) is 21.0. The largest absolute Gasteiger partial charge is 0 e. The van der Waals surface area contributed by atoms with Crippen LogP contribution in [0.3, 0.4) is 0 Å². The first-order valence-corrected chi connectivity index (χ1v) is 19.5. The minimum atomic E-state index is -0.326. The summed E-state index contributed by atoms with van der Waals surface area (Å²) in [6.07, 6.45) is 17.9. The van der Waals surface area contributed by atoms with Gasteiger partial charge in [0.05, 0.1) is 0 Å². The Labute approximate surface area is 292 Å². The quantitative estimate of drug-likeness (QED) is 0.135. The molecule has 0 spiro atoms. The molecule has 0 bridgehead atoms. The van der Waals surface area contributed by atoms with Gasteiger partial charge in [-0.05, 0) is 37.1 Å². The van der Waals surface area contributed by atoms with E-state index in [1.807, 2.05) is 0 Å². The van der Waals surface area contributed by atoms with Crippen LogP contribution >= 0.6 is 59.7 Å². The zero-order valence-electron chi connectivity index (χ0n) is 22.5. The Hall–Kier alpha value is -0.958. The van der Waals surface area contributed by atoms with Crippen molar-refractivity contribution in [2.24, 2.45) is 0 Å². The Morgan fingerprint density at radius 3 is 0.786 bits per heavy atom. The van der Waals surface area contributed by atoms with Crippen LogP contribution < -0.4 is 21.2 Å². The average molecular weight is 807 g/mol. The van der Waals surface area contributed by atoms with Gasteiger partial charge in [-0.25, -0.2) is 0 Å². The van der Waals surface area contributed by atoms with Gasteiger partial charge >= 0.3 is 35.0 Å². The van der Waals surface area contributed by atoms with Gasteiger partial charge in [0.25, 0.3) is 0 Å². The maximum absolute atomic E-state index is 4.81. The third kappa shape index (κ3) is 11.9. The third-order valence-electron chi connectivity index (χ3n) is 6.19. The standard InChI is InChI=1S/2C17H15P.4ClH.Fe.Pd/c2*1-3-9-15(10-4-1)18(17-13-7-8-14-17)16-11-5-2-6-12-16;;;;;;/h2*1-14,17H;4*1H;;/q;;;;;;;+2/p-2. The number of hydrogen-bond acceptors (Lipinski definition) is 0. The normalized spacial score (nSPS) is 13.0. The summed E-state index contributed by atoms with van der Waals surface area (Å²) in [6.45, 7) is 0. The van der Waals surface area contributed by atoms with Crippen molar-refractivity contribution in [3.05, 3.63) is 170 Å². The number of allylic oxidation sites excluding steroid dienone is 8. The van der Waals surface area contributed by atoms with Crippen LogP contribution in [0.15, 0.2) is 170 Å². The summed E-state index contributed by atoms with van der Waals surface area (Å²) < 4.78 is 0. The van der Waals surface area contributed by atoms with E-state index < -0.39 is 0 Å². The Morgan fingerprint density at radius 2 is 0.595 bits per heavy atom. The maximum Gasteiger partial charge on any atom is 0 e. The Morgan fingerprint density at radius 1 is 0.405 bits per heavy atom. The molecule has 0 amide bonds. The molecular formula is C34H32Cl4FeP2Pd. The van der Waals surface area contributed by atoms with Crippen molar-refractivity contribution in [1.29, 1.82) is 0 Å². The van der Waals surface area contributed by atoms with Gasteiger partial charge in [-0.15, -0.1) is 24.8 Å². The van der Waals surface area contributed by atoms with Crippen molar-refractivity contribution in [1.82, 2.24) is 0 Å². The van der Waals surface area contributed by atoms with Gasteiger partial charge in [-0.3, -0.25) is 0 Å². The van der Waals surface area contributed by atoms with Crippen LogP contribution in [0, 0.1) is 0 Å². The van der Waals surface area contributed by atoms with E-state index in [1.54, 1.807) is 0 Å². The summed E-state index contributed by atoms with van der Waals surface area (Å²) >= 11 is -0.106. The van der Waals surface area contributed by atoms with Crippen molar-refractivity contribution in [2.75, 3.05) is 0 Å². The summed E-state index contributed by atoms with van der Waals surface area (Å²) in [6, 6.07) is 43.4. The number of benzene rings is 4. The van der Waals surface area contributed by atoms with Crippen molar-refractivity contribution >= 4 is 80.9 Å². The van der Waals surface area contributed by atoms with Crippen LogP contribution in [0.5, 0.6) is 0 Å². The van der Waals surface area contributed by atoms with Crippen molar-refractivity contribution in [3.63, 3.8) is 0 Å². The second-order valence-corrected chi connectivity index (χ2v) is 15.7. The fourth-order valence-electron chi connectivity index (χ4n) is 4.53. The van der Waals surface area contributed by atoms with E-state index >= 15 is 0 Å². The monoisotopic (exact) mass is 804 g/mol. The topological polar surface area (TPSA) is 0 Å². The molecule has 0 unspecified atom stereocenters. The minimum absolute atomic E-state index is 0. The number of hydrogen-bond donors (Lipinski definition) is 0. The number of rotatable bonds is 6. The van der Waals surface area contributed by atoms with E-state index in [1.165, 1.54) is 21.2 Å². The fraction of sp³-hybridized carbons (Fsp3) is 0.0588. The van der Waals surface area contributed by atoms with Gasteiger partial charge in [0.15, 0.2) is 0 Å². The van der Waals surface area contributed by atoms with Crippen LogP contribution in [0.1, 0.15) is 0 Å². The summed E-state index contributed by atoms with van der Waals surface area (Å²) in [7, 11) is 8.98. The molecule has 224 valence electrons. The molecule has 0 fully saturated rings. The van der Waals surface area contributed by atoms with Crippen LogP contribution in [0.25, 0.3) is 0 Å². The van der Waals surface area contributed by atoms with Gasteiger partial charge in [-0.1, -0.05) is 170 Å². The van der Waals surface area contributed by atoms with Crippen LogP contribution in [-0.4, -0.2) is 11.3 Å². The van der Waals surface area contributed by atoms with Gasteiger partial charge < -0.3 is 0 Å². The predicted octanol–water partition coefficient (Wildman–Crippen LogP) is 9.45. The van der Waals surface area contributed by atoms with E-state index in [2.05, 4.69) is 170 Å². The molecule has 4 aromatic carbocycles. The maximum atomic E-state index is 4.81. The zero-order valence-corrected chi connectivity index (χ0v) is 30.0. The molecule has 0 atom stereocenters. The molecule has 0 nitrogen and oxygen atoms in total. The van der Waals surface area contributed by atoms with Crippen LogP contribution in [0.4, 0.5) is 0 Å². The molecule has 0 heterocycles. The molecule has 0 saturated carbocycles. The molecule has 0 radical (unpaired) electrons. The van der Waals surface area contributed by atoms with E-state index in [9.17, 15) is 0 Å². The Balaban J connectivity index is 0.000000361. The summed E-state index contributed by atoms with van der Waals surface area (Å²) in [5, 5.41) is 5.78. The van der Waals surface area contributed by atoms with Crippen molar-refractivity contribution in [3.8, 4) is 0 Å². The summed E-state index contributed by atoms with van der Waals surface area (Å²) in [5.41, 5.74) is 1.06. The number of halogens is 4. The summed E-state index contributed by atoms with van der Waals surface area (Å²) in [5.74, 6) is 0. The SMILES string of the molecule is C1=CC(P(c2ccccc2)c2ccccc2)C=C1.C1=CC(P(c2ccccc2)c2ccccc2)C=C1.Cl.Cl.[Cl][Pd][Cl].[Fe]. The molecule has 8 heteroatoms. The van der Waals surface area contributed by atoms with Gasteiger partial charge in [-0.2, -0.15) is 0 Å². The van der Waals surface area contributed by atoms with Gasteiger partial charge in [0, 0.05) is 28.4 Å². The van der Waals surface area contributed by atoms with E-state index in [0.717, 1.165) is 0 Å². The smallest absolute Gasteiger partial charge is 0 e. The molecule has 0 aromatic heterocycles. The molecule has 0 N–H and O–H groups in total. The molecular weight excluding hydrogens is 774 g/mol. The molecule has 0 saturated heterocycles. The molecule has 42 heavy (non-hydrogen) atoms. The minimum Gasteiger partial charge on any atom is 0 e. The van der Waals surface area contributed by atoms with E-state index in [4.69, 9.17) is 19.1 Å². The van der Waals surface area contributed by atoms with Crippen molar-refractivity contribution < 1.29 is 33.0 Å². The molecule has 6 rings (SSSR count). The van der Waals surface area contributed by atoms with Crippen molar-refractivity contribution in [2.45, 2.75) is 11.3 Å². The van der Waals surface area contributed by atoms with Gasteiger partial charge in [0.2, 0.25) is 0 Å². The third-order valence-corrected chi connectivity index (χ3v) is 11.5. The first-order valence-electron chi connectivity index (χ1n) is 12.6. The molecule has 4 aromatic rings. The first kappa shape index (κ1) is 39.1. The second-order valence-electron chi connectivity index (χ2n) is 8.65. The molecule has 2 aliphatic rings. The van der Waals surface area contributed by atoms with Crippen LogP contribution in [0.2, 0.25) is 0 Å². The van der Waals surface area contributed by atoms with E-state index in [0.29, 0.717) is 11.3 Å². The Bertz CT molecular complexity index is 1160. The average Bonchev–Trinajstić information content (AvgIpc) is 3.72. The molecule has 2 aliphatic carbocycles. The fourth-order valence-corrected chi connectivity index (χ4v) is 9.56. The second kappa shape index (κ2) is 22.5. The first-order chi connectivity index (χ1) is 19.3. The van der Waals surface area contributed by atoms with Gasteiger partial charge in [0.1, 0.15) is 0 Å². The van der Waals surface area contributed by atoms with Crippen LogP contribution in [-0.2, 0) is 33.0 Å². The predicted molar refractivity (Wildman–Crippen MR) is 188 cm³/mol. The molecule has 0 aliphatic heterocycles. The van der Waals surface area contributed by atoms with E-state index in [-0.39, 0.29) is 73.7 Å².